The number of amides is 1. The monoisotopic (exact) mass is 507 g/mol. The third-order valence-electron chi connectivity index (χ3n) is 6.56. The SMILES string of the molecule is C=CCOc1ccc(C([O-])=C2C(=O)C(=O)N(CCC[NH+]3CCOCC3)C2c2ccc([N+](=O)[O-])cc2)cc1. The number of benzene rings is 2. The molecule has 2 aromatic rings. The zero-order valence-electron chi connectivity index (χ0n) is 20.4. The number of nitro benzene ring substituents is 1. The Balaban J connectivity index is 1.66. The number of ether oxygens (including phenoxy) is 2. The zero-order valence-corrected chi connectivity index (χ0v) is 20.4. The van der Waals surface area contributed by atoms with Gasteiger partial charge in [-0.1, -0.05) is 30.5 Å². The van der Waals surface area contributed by atoms with Crippen molar-refractivity contribution in [2.24, 2.45) is 0 Å². The van der Waals surface area contributed by atoms with Crippen molar-refractivity contribution in [3.63, 3.8) is 0 Å². The molecule has 0 radical (unpaired) electrons. The van der Waals surface area contributed by atoms with Gasteiger partial charge in [0, 0.05) is 30.7 Å². The predicted molar refractivity (Wildman–Crippen MR) is 133 cm³/mol. The van der Waals surface area contributed by atoms with E-state index in [0.717, 1.165) is 19.6 Å². The number of likely N-dealkylation sites (tertiary alicyclic amines) is 1. The summed E-state index contributed by atoms with van der Waals surface area (Å²) in [6, 6.07) is 11.0. The highest BCUT2D eigenvalue weighted by Gasteiger charge is 2.44. The van der Waals surface area contributed by atoms with Gasteiger partial charge in [-0.3, -0.25) is 19.7 Å². The molecule has 37 heavy (non-hydrogen) atoms. The first-order valence-electron chi connectivity index (χ1n) is 12.2. The fourth-order valence-electron chi connectivity index (χ4n) is 4.65. The Morgan fingerprint density at radius 1 is 1.14 bits per heavy atom. The van der Waals surface area contributed by atoms with E-state index in [9.17, 15) is 24.8 Å². The maximum Gasteiger partial charge on any atom is 0.295 e. The normalized spacial score (nSPS) is 19.7. The highest BCUT2D eigenvalue weighted by Crippen LogP contribution is 2.39. The second kappa shape index (κ2) is 11.8. The molecule has 0 aliphatic carbocycles. The highest BCUT2D eigenvalue weighted by atomic mass is 16.6. The standard InChI is InChI=1S/C27H29N3O7/c1-2-16-37-22-10-6-20(7-11-22)25(31)23-24(19-4-8-21(9-5-19)30(34)35)29(27(33)26(23)32)13-3-12-28-14-17-36-18-15-28/h2,4-11,24,31H,1,3,12-18H2. The summed E-state index contributed by atoms with van der Waals surface area (Å²) in [7, 11) is 0. The van der Waals surface area contributed by atoms with Gasteiger partial charge in [0.25, 0.3) is 11.6 Å². The van der Waals surface area contributed by atoms with Gasteiger partial charge in [0.15, 0.2) is 0 Å². The molecule has 2 fully saturated rings. The maximum atomic E-state index is 13.5. The summed E-state index contributed by atoms with van der Waals surface area (Å²) in [5.74, 6) is -1.61. The number of ketones is 1. The van der Waals surface area contributed by atoms with Gasteiger partial charge in [-0.2, -0.15) is 0 Å². The first-order chi connectivity index (χ1) is 17.9. The van der Waals surface area contributed by atoms with E-state index in [4.69, 9.17) is 9.47 Å². The number of hydrogen-bond donors (Lipinski definition) is 1. The molecule has 2 heterocycles. The molecule has 0 spiro atoms. The fourth-order valence-corrected chi connectivity index (χ4v) is 4.65. The van der Waals surface area contributed by atoms with Crippen LogP contribution in [0.15, 0.2) is 66.8 Å². The Morgan fingerprint density at radius 2 is 1.81 bits per heavy atom. The molecule has 2 aromatic carbocycles. The van der Waals surface area contributed by atoms with Gasteiger partial charge in [0.05, 0.1) is 30.7 Å². The zero-order chi connectivity index (χ0) is 26.4. The minimum absolute atomic E-state index is 0.121. The Bertz CT molecular complexity index is 1190. The molecule has 1 unspecified atom stereocenters. The molecule has 0 bridgehead atoms. The van der Waals surface area contributed by atoms with Crippen LogP contribution >= 0.6 is 0 Å². The van der Waals surface area contributed by atoms with Crippen molar-refractivity contribution in [3.05, 3.63) is 88.0 Å². The molecule has 0 aromatic heterocycles. The second-order valence-corrected chi connectivity index (χ2v) is 8.91. The number of carbonyl (C=O) groups is 2. The number of morpholine rings is 1. The van der Waals surface area contributed by atoms with Crippen LogP contribution < -0.4 is 14.7 Å². The molecule has 4 rings (SSSR count). The molecule has 2 saturated heterocycles. The largest absolute Gasteiger partial charge is 0.872 e. The van der Waals surface area contributed by atoms with Crippen LogP contribution in [0.2, 0.25) is 0 Å². The molecule has 194 valence electrons. The van der Waals surface area contributed by atoms with Crippen LogP contribution in [0.4, 0.5) is 5.69 Å². The van der Waals surface area contributed by atoms with E-state index in [2.05, 4.69) is 6.58 Å². The van der Waals surface area contributed by atoms with E-state index in [1.807, 2.05) is 0 Å². The van der Waals surface area contributed by atoms with E-state index in [0.29, 0.717) is 37.6 Å². The van der Waals surface area contributed by atoms with Gasteiger partial charge >= 0.3 is 0 Å². The number of quaternary nitrogens is 1. The Hall–Kier alpha value is -4.02. The topological polar surface area (TPSA) is 126 Å². The number of Topliss-reactive ketones (excluding diaryl/α,β-unsaturated/α-hetero) is 1. The fraction of sp³-hybridized carbons (Fsp3) is 0.333. The summed E-state index contributed by atoms with van der Waals surface area (Å²) in [5.41, 5.74) is 0.439. The van der Waals surface area contributed by atoms with Gasteiger partial charge in [-0.15, -0.1) is 0 Å². The Kier molecular flexibility index (Phi) is 8.32. The van der Waals surface area contributed by atoms with Crippen LogP contribution in [-0.2, 0) is 14.3 Å². The summed E-state index contributed by atoms with van der Waals surface area (Å²) in [5, 5.41) is 24.7. The highest BCUT2D eigenvalue weighted by molar-refractivity contribution is 6.46. The molecular formula is C27H29N3O7. The molecule has 0 saturated carbocycles. The van der Waals surface area contributed by atoms with Crippen molar-refractivity contribution in [1.82, 2.24) is 4.90 Å². The average molecular weight is 508 g/mol. The number of non-ortho nitro benzene ring substituents is 1. The van der Waals surface area contributed by atoms with Crippen LogP contribution in [-0.4, -0.2) is 67.5 Å². The molecule has 1 N–H and O–H groups in total. The van der Waals surface area contributed by atoms with E-state index in [1.165, 1.54) is 34.1 Å². The number of rotatable bonds is 10. The van der Waals surface area contributed by atoms with Crippen LogP contribution in [0.3, 0.4) is 0 Å². The van der Waals surface area contributed by atoms with Gasteiger partial charge in [0.2, 0.25) is 5.78 Å². The number of nitrogens with one attached hydrogen (secondary N) is 1. The first-order valence-corrected chi connectivity index (χ1v) is 12.2. The van der Waals surface area contributed by atoms with E-state index in [-0.39, 0.29) is 23.4 Å². The summed E-state index contributed by atoms with van der Waals surface area (Å²) in [6.45, 7) is 8.10. The van der Waals surface area contributed by atoms with Crippen LogP contribution in [0.25, 0.3) is 5.76 Å². The molecule has 10 nitrogen and oxygen atoms in total. The lowest BCUT2D eigenvalue weighted by Crippen LogP contribution is -3.14. The first kappa shape index (κ1) is 26.1. The molecule has 1 atom stereocenters. The van der Waals surface area contributed by atoms with Crippen molar-refractivity contribution < 1.29 is 34.0 Å². The minimum Gasteiger partial charge on any atom is -0.872 e. The van der Waals surface area contributed by atoms with Gasteiger partial charge in [-0.25, -0.2) is 0 Å². The van der Waals surface area contributed by atoms with Gasteiger partial charge in [0.1, 0.15) is 25.4 Å². The number of hydrogen-bond acceptors (Lipinski definition) is 7. The molecule has 2 aliphatic heterocycles. The quantitative estimate of drug-likeness (QED) is 0.125. The summed E-state index contributed by atoms with van der Waals surface area (Å²) in [4.78, 5) is 39.6. The van der Waals surface area contributed by atoms with Crippen molar-refractivity contribution in [2.45, 2.75) is 12.5 Å². The number of nitrogens with zero attached hydrogens (tertiary/aromatic N) is 2. The Labute approximate surface area is 214 Å². The summed E-state index contributed by atoms with van der Waals surface area (Å²) >= 11 is 0. The Morgan fingerprint density at radius 3 is 2.43 bits per heavy atom. The van der Waals surface area contributed by atoms with Crippen molar-refractivity contribution in [2.75, 3.05) is 46.0 Å². The maximum absolute atomic E-state index is 13.5. The molecule has 2 aliphatic rings. The van der Waals surface area contributed by atoms with Gasteiger partial charge in [-0.05, 0) is 35.4 Å². The second-order valence-electron chi connectivity index (χ2n) is 8.91. The van der Waals surface area contributed by atoms with Crippen LogP contribution in [0, 0.1) is 10.1 Å². The number of carbonyl (C=O) groups excluding carboxylic acids is 2. The van der Waals surface area contributed by atoms with E-state index in [1.54, 1.807) is 30.3 Å². The molecule has 1 amide bonds. The van der Waals surface area contributed by atoms with E-state index < -0.39 is 28.4 Å². The molecule has 10 heteroatoms. The lowest BCUT2D eigenvalue weighted by Gasteiger charge is -2.29. The van der Waals surface area contributed by atoms with Crippen molar-refractivity contribution >= 4 is 23.1 Å². The average Bonchev–Trinajstić information content (AvgIpc) is 3.17. The van der Waals surface area contributed by atoms with Crippen LogP contribution in [0.1, 0.15) is 23.6 Å². The third-order valence-corrected chi connectivity index (χ3v) is 6.56. The summed E-state index contributed by atoms with van der Waals surface area (Å²) < 4.78 is 10.8. The van der Waals surface area contributed by atoms with Crippen LogP contribution in [0.5, 0.6) is 5.75 Å². The van der Waals surface area contributed by atoms with E-state index >= 15 is 0 Å². The minimum atomic E-state index is -0.926. The third kappa shape index (κ3) is 5.87. The van der Waals surface area contributed by atoms with Crippen molar-refractivity contribution in [1.29, 1.82) is 0 Å². The summed E-state index contributed by atoms with van der Waals surface area (Å²) in [6.07, 6.45) is 2.23. The predicted octanol–water partition coefficient (Wildman–Crippen LogP) is 0.689. The lowest BCUT2D eigenvalue weighted by atomic mass is 9.95. The van der Waals surface area contributed by atoms with Gasteiger partial charge < -0.3 is 24.4 Å². The smallest absolute Gasteiger partial charge is 0.295 e. The number of nitro groups is 1. The van der Waals surface area contributed by atoms with Crippen molar-refractivity contribution in [3.8, 4) is 5.75 Å². The lowest BCUT2D eigenvalue weighted by molar-refractivity contribution is -0.908. The molecular weight excluding hydrogens is 478 g/mol.